The third-order valence-electron chi connectivity index (χ3n) is 4.57. The summed E-state index contributed by atoms with van der Waals surface area (Å²) in [5.74, 6) is -2.43. The molecule has 0 aromatic heterocycles. The van der Waals surface area contributed by atoms with Crippen LogP contribution in [-0.4, -0.2) is 11.9 Å². The number of aliphatic imine (C=N–C) groups is 1. The van der Waals surface area contributed by atoms with Crippen LogP contribution in [0.2, 0.25) is 5.02 Å². The summed E-state index contributed by atoms with van der Waals surface area (Å²) in [4.78, 5) is 16.2. The fourth-order valence-corrected chi connectivity index (χ4v) is 3.11. The predicted molar refractivity (Wildman–Crippen MR) is 114 cm³/mol. The first-order valence-corrected chi connectivity index (χ1v) is 9.73. The van der Waals surface area contributed by atoms with Crippen LogP contribution in [0.3, 0.4) is 0 Å². The van der Waals surface area contributed by atoms with Crippen molar-refractivity contribution in [3.05, 3.63) is 105 Å². The second-order valence-corrected chi connectivity index (χ2v) is 7.33. The lowest BCUT2D eigenvalue weighted by Crippen LogP contribution is -2.07. The third-order valence-corrected chi connectivity index (χ3v) is 4.88. The fourth-order valence-electron chi connectivity index (χ4n) is 2.88. The van der Waals surface area contributed by atoms with Gasteiger partial charge in [0, 0.05) is 0 Å². The lowest BCUT2D eigenvalue weighted by Gasteiger charge is -2.07. The number of hydrogen-bond donors (Lipinski definition) is 0. The van der Waals surface area contributed by atoms with Crippen LogP contribution in [0.1, 0.15) is 22.3 Å². The molecule has 31 heavy (non-hydrogen) atoms. The highest BCUT2D eigenvalue weighted by Crippen LogP contribution is 2.26. The standard InChI is InChI=1S/C24H16ClF2NO3/c1-14-2-4-16(5-3-14)13-30-17-8-6-15(7-9-17)10-22-24(29)31-23(28-22)18-11-20(26)21(27)12-19(18)25/h2-12H,13H2,1H3/b22-10+. The summed E-state index contributed by atoms with van der Waals surface area (Å²) in [5.41, 5.74) is 2.95. The first-order valence-electron chi connectivity index (χ1n) is 9.35. The summed E-state index contributed by atoms with van der Waals surface area (Å²) in [6.45, 7) is 2.47. The van der Waals surface area contributed by atoms with Crippen LogP contribution < -0.4 is 4.74 Å². The minimum Gasteiger partial charge on any atom is -0.489 e. The van der Waals surface area contributed by atoms with E-state index in [-0.39, 0.29) is 22.2 Å². The van der Waals surface area contributed by atoms with Crippen molar-refractivity contribution < 1.29 is 23.0 Å². The van der Waals surface area contributed by atoms with Gasteiger partial charge in [-0.1, -0.05) is 53.6 Å². The van der Waals surface area contributed by atoms with Crippen molar-refractivity contribution in [2.75, 3.05) is 0 Å². The molecule has 0 saturated carbocycles. The second kappa shape index (κ2) is 8.70. The molecule has 1 heterocycles. The SMILES string of the molecule is Cc1ccc(COc2ccc(/C=C3/N=C(c4cc(F)c(F)cc4Cl)OC3=O)cc2)cc1. The lowest BCUT2D eigenvalue weighted by molar-refractivity contribution is -0.129. The molecule has 3 aromatic carbocycles. The molecule has 0 amide bonds. The van der Waals surface area contributed by atoms with E-state index in [1.807, 2.05) is 31.2 Å². The van der Waals surface area contributed by atoms with Crippen molar-refractivity contribution in [2.24, 2.45) is 4.99 Å². The molecular weight excluding hydrogens is 424 g/mol. The molecule has 0 N–H and O–H groups in total. The molecule has 156 valence electrons. The second-order valence-electron chi connectivity index (χ2n) is 6.93. The number of hydrogen-bond acceptors (Lipinski definition) is 4. The van der Waals surface area contributed by atoms with Crippen molar-refractivity contribution >= 4 is 29.5 Å². The first kappa shape index (κ1) is 20.8. The zero-order chi connectivity index (χ0) is 22.0. The average molecular weight is 440 g/mol. The Morgan fingerprint density at radius 3 is 2.42 bits per heavy atom. The Hall–Kier alpha value is -3.51. The number of carbonyl (C=O) groups excluding carboxylic acids is 1. The van der Waals surface area contributed by atoms with Gasteiger partial charge in [0.05, 0.1) is 10.6 Å². The van der Waals surface area contributed by atoms with Crippen LogP contribution in [0.5, 0.6) is 5.75 Å². The van der Waals surface area contributed by atoms with Gasteiger partial charge in [0.1, 0.15) is 12.4 Å². The van der Waals surface area contributed by atoms with Gasteiger partial charge in [-0.15, -0.1) is 0 Å². The van der Waals surface area contributed by atoms with Gasteiger partial charge >= 0.3 is 5.97 Å². The van der Waals surface area contributed by atoms with E-state index in [1.165, 1.54) is 11.6 Å². The van der Waals surface area contributed by atoms with Gasteiger partial charge in [0.15, 0.2) is 17.3 Å². The van der Waals surface area contributed by atoms with Crippen LogP contribution in [0.15, 0.2) is 71.4 Å². The number of halogens is 3. The Morgan fingerprint density at radius 2 is 1.71 bits per heavy atom. The van der Waals surface area contributed by atoms with E-state index in [2.05, 4.69) is 4.99 Å². The highest BCUT2D eigenvalue weighted by Gasteiger charge is 2.26. The maximum absolute atomic E-state index is 13.5. The Kier molecular flexibility index (Phi) is 5.82. The smallest absolute Gasteiger partial charge is 0.363 e. The Labute approximate surface area is 182 Å². The molecular formula is C24H16ClF2NO3. The molecule has 3 aromatic rings. The van der Waals surface area contributed by atoms with Crippen molar-refractivity contribution in [1.82, 2.24) is 0 Å². The maximum atomic E-state index is 13.5. The molecule has 0 spiro atoms. The summed E-state index contributed by atoms with van der Waals surface area (Å²) in [6, 6.07) is 16.8. The first-order chi connectivity index (χ1) is 14.9. The molecule has 0 aliphatic carbocycles. The average Bonchev–Trinajstić information content (AvgIpc) is 3.11. The molecule has 0 saturated heterocycles. The summed E-state index contributed by atoms with van der Waals surface area (Å²) in [7, 11) is 0. The minimum atomic E-state index is -1.11. The number of rotatable bonds is 5. The van der Waals surface area contributed by atoms with Gasteiger partial charge < -0.3 is 9.47 Å². The molecule has 0 unspecified atom stereocenters. The number of esters is 1. The summed E-state index contributed by atoms with van der Waals surface area (Å²) in [5, 5.41) is -0.109. The molecule has 0 bridgehead atoms. The third kappa shape index (κ3) is 4.81. The van der Waals surface area contributed by atoms with Gasteiger partial charge in [0.2, 0.25) is 5.90 Å². The van der Waals surface area contributed by atoms with Crippen LogP contribution in [0.25, 0.3) is 6.08 Å². The van der Waals surface area contributed by atoms with Crippen molar-refractivity contribution in [3.8, 4) is 5.75 Å². The van der Waals surface area contributed by atoms with Crippen LogP contribution in [-0.2, 0) is 16.1 Å². The Balaban J connectivity index is 1.48. The van der Waals surface area contributed by atoms with Gasteiger partial charge in [-0.05, 0) is 48.4 Å². The van der Waals surface area contributed by atoms with E-state index in [1.54, 1.807) is 24.3 Å². The maximum Gasteiger partial charge on any atom is 0.363 e. The fraction of sp³-hybridized carbons (Fsp3) is 0.0833. The van der Waals surface area contributed by atoms with Crippen LogP contribution >= 0.6 is 11.6 Å². The Morgan fingerprint density at radius 1 is 1.03 bits per heavy atom. The summed E-state index contributed by atoms with van der Waals surface area (Å²) >= 11 is 5.92. The van der Waals surface area contributed by atoms with E-state index in [0.717, 1.165) is 17.7 Å². The molecule has 4 rings (SSSR count). The highest BCUT2D eigenvalue weighted by molar-refractivity contribution is 6.34. The number of carbonyl (C=O) groups is 1. The normalized spacial score (nSPS) is 14.5. The van der Waals surface area contributed by atoms with E-state index in [9.17, 15) is 13.6 Å². The highest BCUT2D eigenvalue weighted by atomic mass is 35.5. The number of cyclic esters (lactones) is 1. The topological polar surface area (TPSA) is 47.9 Å². The Bertz CT molecular complexity index is 1200. The molecule has 0 radical (unpaired) electrons. The van der Waals surface area contributed by atoms with E-state index < -0.39 is 17.6 Å². The number of nitrogens with zero attached hydrogens (tertiary/aromatic N) is 1. The quantitative estimate of drug-likeness (QED) is 0.284. The van der Waals surface area contributed by atoms with Crippen molar-refractivity contribution in [3.63, 3.8) is 0 Å². The largest absolute Gasteiger partial charge is 0.489 e. The van der Waals surface area contributed by atoms with Crippen molar-refractivity contribution in [1.29, 1.82) is 0 Å². The number of aryl methyl sites for hydroxylation is 1. The molecule has 1 aliphatic rings. The number of benzene rings is 3. The zero-order valence-electron chi connectivity index (χ0n) is 16.4. The van der Waals surface area contributed by atoms with Crippen LogP contribution in [0.4, 0.5) is 8.78 Å². The summed E-state index contributed by atoms with van der Waals surface area (Å²) in [6.07, 6.45) is 1.52. The van der Waals surface area contributed by atoms with Gasteiger partial charge in [-0.25, -0.2) is 18.6 Å². The molecule has 0 atom stereocenters. The van der Waals surface area contributed by atoms with Gasteiger partial charge in [-0.3, -0.25) is 0 Å². The van der Waals surface area contributed by atoms with E-state index in [4.69, 9.17) is 21.1 Å². The molecule has 7 heteroatoms. The number of ether oxygens (including phenoxy) is 2. The molecule has 1 aliphatic heterocycles. The predicted octanol–water partition coefficient (Wildman–Crippen LogP) is 5.85. The van der Waals surface area contributed by atoms with E-state index in [0.29, 0.717) is 17.9 Å². The van der Waals surface area contributed by atoms with Crippen molar-refractivity contribution in [2.45, 2.75) is 13.5 Å². The minimum absolute atomic E-state index is 0.00262. The lowest BCUT2D eigenvalue weighted by atomic mass is 10.1. The van der Waals surface area contributed by atoms with Gasteiger partial charge in [0.25, 0.3) is 0 Å². The van der Waals surface area contributed by atoms with Crippen LogP contribution in [0, 0.1) is 18.6 Å². The monoisotopic (exact) mass is 439 g/mol. The molecule has 0 fully saturated rings. The summed E-state index contributed by atoms with van der Waals surface area (Å²) < 4.78 is 37.6. The van der Waals surface area contributed by atoms with E-state index >= 15 is 0 Å². The zero-order valence-corrected chi connectivity index (χ0v) is 17.1. The molecule has 4 nitrogen and oxygen atoms in total. The van der Waals surface area contributed by atoms with Gasteiger partial charge in [-0.2, -0.15) is 0 Å².